The second-order valence-electron chi connectivity index (χ2n) is 5.96. The third-order valence-electron chi connectivity index (χ3n) is 3.33. The first-order valence-corrected chi connectivity index (χ1v) is 6.83. The van der Waals surface area contributed by atoms with Crippen molar-refractivity contribution >= 4 is 11.4 Å². The summed E-state index contributed by atoms with van der Waals surface area (Å²) < 4.78 is 6.93. The molecule has 0 aliphatic rings. The quantitative estimate of drug-likeness (QED) is 0.782. The van der Waals surface area contributed by atoms with Gasteiger partial charge in [0, 0.05) is 30.7 Å². The molecule has 0 radical (unpaired) electrons. The molecule has 2 rings (SSSR count). The van der Waals surface area contributed by atoms with Crippen molar-refractivity contribution in [1.29, 1.82) is 0 Å². The topological polar surface area (TPSA) is 105 Å². The Morgan fingerprint density at radius 3 is 2.48 bits per heavy atom. The van der Waals surface area contributed by atoms with Gasteiger partial charge < -0.3 is 16.2 Å². The van der Waals surface area contributed by atoms with Crippen LogP contribution in [0.25, 0.3) is 11.4 Å². The molecule has 1 aromatic heterocycles. The molecule has 0 amide bonds. The van der Waals surface area contributed by atoms with E-state index in [9.17, 15) is 0 Å². The van der Waals surface area contributed by atoms with Crippen LogP contribution in [0.4, 0.5) is 11.4 Å². The molecule has 7 nitrogen and oxygen atoms in total. The number of hydrogen-bond donors (Lipinski definition) is 2. The number of tetrazole rings is 1. The summed E-state index contributed by atoms with van der Waals surface area (Å²) in [6.07, 6.45) is 0.919. The first-order chi connectivity index (χ1) is 9.91. The van der Waals surface area contributed by atoms with E-state index in [0.717, 1.165) is 12.0 Å². The maximum Gasteiger partial charge on any atom is 0.182 e. The molecular weight excluding hydrogens is 268 g/mol. The molecule has 1 aromatic carbocycles. The van der Waals surface area contributed by atoms with Gasteiger partial charge in [-0.2, -0.15) is 0 Å². The summed E-state index contributed by atoms with van der Waals surface area (Å²) in [7, 11) is 1.70. The Labute approximate surface area is 124 Å². The summed E-state index contributed by atoms with van der Waals surface area (Å²) in [4.78, 5) is 0. The monoisotopic (exact) mass is 290 g/mol. The normalized spacial score (nSPS) is 11.8. The summed E-state index contributed by atoms with van der Waals surface area (Å²) in [6, 6.07) is 5.35. The number of nitrogens with two attached hydrogens (primary N) is 2. The number of hydrogen-bond acceptors (Lipinski definition) is 6. The van der Waals surface area contributed by atoms with Crippen LogP contribution in [0.3, 0.4) is 0 Å². The smallest absolute Gasteiger partial charge is 0.182 e. The average Bonchev–Trinajstić information content (AvgIpc) is 2.82. The molecule has 0 aliphatic carbocycles. The van der Waals surface area contributed by atoms with Gasteiger partial charge in [0.25, 0.3) is 0 Å². The molecule has 0 spiro atoms. The Balaban J connectivity index is 2.26. The lowest BCUT2D eigenvalue weighted by molar-refractivity contribution is 0.140. The minimum atomic E-state index is 0.0199. The number of ether oxygens (including phenoxy) is 1. The molecule has 1 heterocycles. The Morgan fingerprint density at radius 2 is 1.86 bits per heavy atom. The highest BCUT2D eigenvalue weighted by Gasteiger charge is 2.22. The zero-order valence-electron chi connectivity index (χ0n) is 12.7. The molecule has 0 atom stereocenters. The van der Waals surface area contributed by atoms with Crippen LogP contribution in [0.5, 0.6) is 0 Å². The van der Waals surface area contributed by atoms with Crippen LogP contribution in [-0.2, 0) is 11.3 Å². The second-order valence-corrected chi connectivity index (χ2v) is 5.96. The standard InChI is InChI=1S/C14H22N6O/c1-14(2,4-5-21-3)9-20-13(17-18-19-20)10-6-11(15)8-12(16)7-10/h6-8H,4-5,9,15-16H2,1-3H3. The van der Waals surface area contributed by atoms with Gasteiger partial charge in [-0.3, -0.25) is 0 Å². The van der Waals surface area contributed by atoms with Crippen molar-refractivity contribution in [1.82, 2.24) is 20.2 Å². The van der Waals surface area contributed by atoms with Gasteiger partial charge in [0.05, 0.1) is 6.54 Å². The number of benzene rings is 1. The Morgan fingerprint density at radius 1 is 1.19 bits per heavy atom. The van der Waals surface area contributed by atoms with Crippen LogP contribution >= 0.6 is 0 Å². The highest BCUT2D eigenvalue weighted by molar-refractivity contribution is 5.67. The highest BCUT2D eigenvalue weighted by Crippen LogP contribution is 2.27. The Kier molecular flexibility index (Phi) is 4.42. The minimum Gasteiger partial charge on any atom is -0.399 e. The van der Waals surface area contributed by atoms with Crippen molar-refractivity contribution < 1.29 is 4.74 Å². The maximum absolute atomic E-state index is 5.83. The molecule has 4 N–H and O–H groups in total. The maximum atomic E-state index is 5.83. The van der Waals surface area contributed by atoms with Crippen LogP contribution in [-0.4, -0.2) is 33.9 Å². The van der Waals surface area contributed by atoms with Crippen molar-refractivity contribution in [3.63, 3.8) is 0 Å². The van der Waals surface area contributed by atoms with E-state index in [-0.39, 0.29) is 5.41 Å². The zero-order valence-corrected chi connectivity index (χ0v) is 12.7. The van der Waals surface area contributed by atoms with Crippen molar-refractivity contribution in [2.24, 2.45) is 5.41 Å². The predicted octanol–water partition coefficient (Wildman–Crippen LogP) is 1.57. The van der Waals surface area contributed by atoms with E-state index in [0.29, 0.717) is 30.4 Å². The van der Waals surface area contributed by atoms with Crippen LogP contribution in [0.15, 0.2) is 18.2 Å². The van der Waals surface area contributed by atoms with E-state index in [4.69, 9.17) is 16.2 Å². The molecule has 0 saturated carbocycles. The minimum absolute atomic E-state index is 0.0199. The van der Waals surface area contributed by atoms with Gasteiger partial charge in [-0.05, 0) is 40.5 Å². The van der Waals surface area contributed by atoms with Gasteiger partial charge in [0.2, 0.25) is 0 Å². The molecule has 7 heteroatoms. The van der Waals surface area contributed by atoms with Gasteiger partial charge in [0.15, 0.2) is 5.82 Å². The van der Waals surface area contributed by atoms with Gasteiger partial charge in [-0.1, -0.05) is 13.8 Å². The van der Waals surface area contributed by atoms with E-state index in [1.807, 2.05) is 12.1 Å². The summed E-state index contributed by atoms with van der Waals surface area (Å²) >= 11 is 0. The van der Waals surface area contributed by atoms with Gasteiger partial charge >= 0.3 is 0 Å². The Bertz CT molecular complexity index is 587. The fraction of sp³-hybridized carbons (Fsp3) is 0.500. The lowest BCUT2D eigenvalue weighted by Gasteiger charge is -2.24. The number of nitrogens with zero attached hydrogens (tertiary/aromatic N) is 4. The number of rotatable bonds is 6. The van der Waals surface area contributed by atoms with E-state index in [1.54, 1.807) is 17.9 Å². The average molecular weight is 290 g/mol. The molecule has 0 fully saturated rings. The highest BCUT2D eigenvalue weighted by atomic mass is 16.5. The third-order valence-corrected chi connectivity index (χ3v) is 3.33. The summed E-state index contributed by atoms with van der Waals surface area (Å²) in [6.45, 7) is 5.71. The van der Waals surface area contributed by atoms with Crippen molar-refractivity contribution in [3.8, 4) is 11.4 Å². The second kappa shape index (κ2) is 6.09. The van der Waals surface area contributed by atoms with Crippen molar-refractivity contribution in [2.45, 2.75) is 26.8 Å². The van der Waals surface area contributed by atoms with Gasteiger partial charge in [-0.25, -0.2) is 4.68 Å². The SMILES string of the molecule is COCCC(C)(C)Cn1nnnc1-c1cc(N)cc(N)c1. The van der Waals surface area contributed by atoms with Gasteiger partial charge in [0.1, 0.15) is 0 Å². The molecule has 21 heavy (non-hydrogen) atoms. The largest absolute Gasteiger partial charge is 0.399 e. The van der Waals surface area contributed by atoms with E-state index < -0.39 is 0 Å². The fourth-order valence-corrected chi connectivity index (χ4v) is 2.19. The molecule has 114 valence electrons. The lowest BCUT2D eigenvalue weighted by Crippen LogP contribution is -2.23. The molecular formula is C14H22N6O. The van der Waals surface area contributed by atoms with Crippen molar-refractivity contribution in [3.05, 3.63) is 18.2 Å². The van der Waals surface area contributed by atoms with E-state index in [1.165, 1.54) is 0 Å². The van der Waals surface area contributed by atoms with Crippen LogP contribution in [0.1, 0.15) is 20.3 Å². The fourth-order valence-electron chi connectivity index (χ4n) is 2.19. The van der Waals surface area contributed by atoms with E-state index in [2.05, 4.69) is 29.4 Å². The number of anilines is 2. The molecule has 0 unspecified atom stereocenters. The molecule has 0 aliphatic heterocycles. The summed E-state index contributed by atoms with van der Waals surface area (Å²) in [5.74, 6) is 0.666. The number of nitrogen functional groups attached to an aromatic ring is 2. The van der Waals surface area contributed by atoms with Crippen LogP contribution in [0, 0.1) is 5.41 Å². The van der Waals surface area contributed by atoms with Gasteiger partial charge in [-0.15, -0.1) is 5.10 Å². The Hall–Kier alpha value is -2.15. The third kappa shape index (κ3) is 3.91. The number of aromatic nitrogens is 4. The lowest BCUT2D eigenvalue weighted by atomic mass is 9.89. The first-order valence-electron chi connectivity index (χ1n) is 6.83. The summed E-state index contributed by atoms with van der Waals surface area (Å²) in [5.41, 5.74) is 13.7. The predicted molar refractivity (Wildman–Crippen MR) is 82.4 cm³/mol. The molecule has 0 bridgehead atoms. The zero-order chi connectivity index (χ0) is 15.5. The summed E-state index contributed by atoms with van der Waals surface area (Å²) in [5, 5.41) is 11.9. The van der Waals surface area contributed by atoms with Crippen molar-refractivity contribution in [2.75, 3.05) is 25.2 Å². The first kappa shape index (κ1) is 15.2. The molecule has 2 aromatic rings. The van der Waals surface area contributed by atoms with E-state index >= 15 is 0 Å². The number of methoxy groups -OCH3 is 1. The van der Waals surface area contributed by atoms with Crippen LogP contribution in [0.2, 0.25) is 0 Å². The van der Waals surface area contributed by atoms with Crippen LogP contribution < -0.4 is 11.5 Å². The molecule has 0 saturated heterocycles.